The topological polar surface area (TPSA) is 113 Å². The van der Waals surface area contributed by atoms with Gasteiger partial charge >= 0.3 is 6.18 Å². The number of nitrogens with zero attached hydrogens (tertiary/aromatic N) is 6. The monoisotopic (exact) mass is 648 g/mol. The van der Waals surface area contributed by atoms with E-state index in [4.69, 9.17) is 10.5 Å². The van der Waals surface area contributed by atoms with Gasteiger partial charge in [0, 0.05) is 82.7 Å². The molecule has 2 aromatic heterocycles. The Kier molecular flexibility index (Phi) is 9.63. The van der Waals surface area contributed by atoms with E-state index in [1.54, 1.807) is 12.3 Å². The Labute approximate surface area is 272 Å². The minimum atomic E-state index is -4.56. The van der Waals surface area contributed by atoms with E-state index in [-0.39, 0.29) is 29.3 Å². The first-order valence-electron chi connectivity index (χ1n) is 15.9. The fourth-order valence-electron chi connectivity index (χ4n) is 6.49. The Bertz CT molecular complexity index is 1650. The molecule has 0 radical (unpaired) electrons. The summed E-state index contributed by atoms with van der Waals surface area (Å²) >= 11 is 0. The number of carbonyl (C=O) groups is 1. The quantitative estimate of drug-likeness (QED) is 0.392. The summed E-state index contributed by atoms with van der Waals surface area (Å²) in [5.41, 5.74) is 6.96. The fourth-order valence-corrected chi connectivity index (χ4v) is 6.49. The first-order valence-corrected chi connectivity index (χ1v) is 15.9. The highest BCUT2D eigenvalue weighted by atomic mass is 19.4. The molecule has 3 fully saturated rings. The average molecular weight is 649 g/mol. The first kappa shape index (κ1) is 32.7. The molecule has 3 aromatic rings. The number of hydrogen-bond donors (Lipinski definition) is 2. The van der Waals surface area contributed by atoms with Crippen LogP contribution in [0.5, 0.6) is 0 Å². The summed E-state index contributed by atoms with van der Waals surface area (Å²) < 4.78 is 47.7. The molecule has 6 rings (SSSR count). The molecule has 0 atom stereocenters. The van der Waals surface area contributed by atoms with E-state index >= 15 is 0 Å². The minimum absolute atomic E-state index is 0.0497. The van der Waals surface area contributed by atoms with Gasteiger partial charge in [0.15, 0.2) is 0 Å². The van der Waals surface area contributed by atoms with Crippen LogP contribution in [0.3, 0.4) is 0 Å². The zero-order valence-corrected chi connectivity index (χ0v) is 26.4. The first-order chi connectivity index (χ1) is 22.6. The molecule has 3 N–H and O–H groups in total. The third-order valence-electron chi connectivity index (χ3n) is 9.47. The summed E-state index contributed by atoms with van der Waals surface area (Å²) in [7, 11) is 2.00. The van der Waals surface area contributed by atoms with Gasteiger partial charge in [0.2, 0.25) is 5.95 Å². The fraction of sp³-hybridized carbons (Fsp3) is 0.471. The number of nitrogen functional groups attached to an aromatic ring is 1. The van der Waals surface area contributed by atoms with E-state index in [0.717, 1.165) is 71.1 Å². The standard InChI is InChI=1S/C34H39F3N8O2/c1-43-12-14-44(15-13-43)23-26-4-5-28(19-29(26)34(35,36)37)41-31(46)27-18-24(20-39-21-27)2-3-25-22-40-32(38)42-30(25)45-10-6-33(7-11-45)8-16-47-17-9-33/h4-5,18-22H,6-17,23H2,1H3,(H,41,46)(H2,38,40,42). The van der Waals surface area contributed by atoms with Crippen molar-refractivity contribution in [2.45, 2.75) is 38.4 Å². The molecule has 1 amide bonds. The highest BCUT2D eigenvalue weighted by molar-refractivity contribution is 6.04. The normalized spacial score (nSPS) is 18.9. The van der Waals surface area contributed by atoms with Crippen molar-refractivity contribution in [3.63, 3.8) is 0 Å². The number of alkyl halides is 3. The van der Waals surface area contributed by atoms with E-state index < -0.39 is 17.6 Å². The minimum Gasteiger partial charge on any atom is -0.381 e. The number of benzene rings is 1. The number of piperazine rings is 1. The van der Waals surface area contributed by atoms with E-state index in [1.807, 2.05) is 11.9 Å². The number of amides is 1. The van der Waals surface area contributed by atoms with Crippen molar-refractivity contribution in [2.24, 2.45) is 5.41 Å². The molecule has 3 aliphatic rings. The zero-order valence-electron chi connectivity index (χ0n) is 26.4. The molecule has 1 aromatic carbocycles. The molecule has 0 unspecified atom stereocenters. The summed E-state index contributed by atoms with van der Waals surface area (Å²) in [4.78, 5) is 32.3. The number of nitrogens with two attached hydrogens (primary N) is 1. The molecule has 0 aliphatic carbocycles. The van der Waals surface area contributed by atoms with Gasteiger partial charge in [0.05, 0.1) is 22.9 Å². The van der Waals surface area contributed by atoms with Gasteiger partial charge in [-0.05, 0) is 61.9 Å². The van der Waals surface area contributed by atoms with E-state index in [9.17, 15) is 18.0 Å². The number of rotatable bonds is 5. The Morgan fingerprint density at radius 3 is 2.47 bits per heavy atom. The molecule has 0 bridgehead atoms. The van der Waals surface area contributed by atoms with Crippen molar-refractivity contribution in [2.75, 3.05) is 75.5 Å². The summed E-state index contributed by atoms with van der Waals surface area (Å²) in [6.45, 7) is 6.46. The van der Waals surface area contributed by atoms with E-state index in [2.05, 4.69) is 41.9 Å². The molecule has 1 spiro atoms. The van der Waals surface area contributed by atoms with Crippen LogP contribution >= 0.6 is 0 Å². The highest BCUT2D eigenvalue weighted by Crippen LogP contribution is 2.41. The van der Waals surface area contributed by atoms with E-state index in [1.165, 1.54) is 24.5 Å². The molecular formula is C34H39F3N8O2. The molecule has 10 nitrogen and oxygen atoms in total. The van der Waals surface area contributed by atoms with Gasteiger partial charge in [-0.15, -0.1) is 0 Å². The zero-order chi connectivity index (χ0) is 33.0. The number of halogens is 3. The van der Waals surface area contributed by atoms with Crippen LogP contribution in [0.25, 0.3) is 0 Å². The number of hydrogen-bond acceptors (Lipinski definition) is 9. The van der Waals surface area contributed by atoms with E-state index in [0.29, 0.717) is 35.4 Å². The van der Waals surface area contributed by atoms with Crippen LogP contribution in [-0.4, -0.2) is 90.2 Å². The number of carbonyl (C=O) groups excluding carboxylic acids is 1. The molecule has 3 saturated heterocycles. The van der Waals surface area contributed by atoms with Crippen LogP contribution in [0.4, 0.5) is 30.6 Å². The van der Waals surface area contributed by atoms with Gasteiger partial charge in [0.25, 0.3) is 5.91 Å². The van der Waals surface area contributed by atoms with Crippen molar-refractivity contribution < 1.29 is 22.7 Å². The van der Waals surface area contributed by atoms with Crippen molar-refractivity contribution >= 4 is 23.4 Å². The molecule has 248 valence electrons. The van der Waals surface area contributed by atoms with Crippen molar-refractivity contribution in [1.82, 2.24) is 24.8 Å². The van der Waals surface area contributed by atoms with Gasteiger partial charge in [-0.25, -0.2) is 4.98 Å². The molecule has 13 heteroatoms. The third kappa shape index (κ3) is 8.01. The molecule has 5 heterocycles. The number of ether oxygens (including phenoxy) is 1. The summed E-state index contributed by atoms with van der Waals surface area (Å²) in [5.74, 6) is 6.40. The van der Waals surface area contributed by atoms with Crippen molar-refractivity contribution in [3.8, 4) is 11.8 Å². The molecular weight excluding hydrogens is 609 g/mol. The van der Waals surface area contributed by atoms with Gasteiger partial charge in [0.1, 0.15) is 5.82 Å². The number of aromatic nitrogens is 3. The SMILES string of the molecule is CN1CCN(Cc2ccc(NC(=O)c3cncc(C#Cc4cnc(N)nc4N4CCC5(CCOCC5)CC4)c3)cc2C(F)(F)F)CC1. The second-order valence-electron chi connectivity index (χ2n) is 12.7. The summed E-state index contributed by atoms with van der Waals surface area (Å²) in [6, 6.07) is 5.49. The number of pyridine rings is 1. The average Bonchev–Trinajstić information content (AvgIpc) is 3.06. The van der Waals surface area contributed by atoms with Crippen molar-refractivity contribution in [1.29, 1.82) is 0 Å². The molecule has 3 aliphatic heterocycles. The lowest BCUT2D eigenvalue weighted by Crippen LogP contribution is -2.44. The number of likely N-dealkylation sites (N-methyl/N-ethyl adjacent to an activating group) is 1. The second kappa shape index (κ2) is 13.9. The Balaban J connectivity index is 1.15. The smallest absolute Gasteiger partial charge is 0.381 e. The number of anilines is 3. The molecule has 47 heavy (non-hydrogen) atoms. The predicted molar refractivity (Wildman–Crippen MR) is 173 cm³/mol. The van der Waals surface area contributed by atoms with Crippen LogP contribution in [0.15, 0.2) is 42.9 Å². The molecule has 0 saturated carbocycles. The lowest BCUT2D eigenvalue weighted by molar-refractivity contribution is -0.138. The van der Waals surface area contributed by atoms with Gasteiger partial charge in [-0.1, -0.05) is 17.9 Å². The van der Waals surface area contributed by atoms with Gasteiger partial charge < -0.3 is 25.6 Å². The number of piperidine rings is 1. The largest absolute Gasteiger partial charge is 0.416 e. The van der Waals surface area contributed by atoms with Crippen LogP contribution < -0.4 is 16.0 Å². The van der Waals surface area contributed by atoms with Crippen LogP contribution in [0.1, 0.15) is 58.3 Å². The maximum Gasteiger partial charge on any atom is 0.416 e. The Hall–Kier alpha value is -4.25. The Morgan fingerprint density at radius 2 is 1.74 bits per heavy atom. The van der Waals surface area contributed by atoms with Gasteiger partial charge in [-0.3, -0.25) is 14.7 Å². The van der Waals surface area contributed by atoms with Crippen LogP contribution in [-0.2, 0) is 17.5 Å². The van der Waals surface area contributed by atoms with Gasteiger partial charge in [-0.2, -0.15) is 18.2 Å². The lowest BCUT2D eigenvalue weighted by Gasteiger charge is -2.44. The van der Waals surface area contributed by atoms with Crippen LogP contribution in [0, 0.1) is 17.3 Å². The van der Waals surface area contributed by atoms with Crippen molar-refractivity contribution in [3.05, 3.63) is 70.7 Å². The Morgan fingerprint density at radius 1 is 1.00 bits per heavy atom. The lowest BCUT2D eigenvalue weighted by atomic mass is 9.72. The predicted octanol–water partition coefficient (Wildman–Crippen LogP) is 4.27. The van der Waals surface area contributed by atoms with Crippen LogP contribution in [0.2, 0.25) is 0 Å². The maximum absolute atomic E-state index is 14.0. The maximum atomic E-state index is 14.0. The second-order valence-corrected chi connectivity index (χ2v) is 12.7. The highest BCUT2D eigenvalue weighted by Gasteiger charge is 2.37. The summed E-state index contributed by atoms with van der Waals surface area (Å²) in [6.07, 6.45) is 4.13. The third-order valence-corrected chi connectivity index (χ3v) is 9.47. The summed E-state index contributed by atoms with van der Waals surface area (Å²) in [5, 5.41) is 2.60. The number of nitrogens with one attached hydrogen (secondary N) is 1.